The van der Waals surface area contributed by atoms with E-state index in [0.717, 1.165) is 19.2 Å². The van der Waals surface area contributed by atoms with Gasteiger partial charge in [-0.3, -0.25) is 0 Å². The number of aromatic hydroxyl groups is 1. The van der Waals surface area contributed by atoms with Crippen LogP contribution in [0.2, 0.25) is 0 Å². The predicted molar refractivity (Wildman–Crippen MR) is 65.2 cm³/mol. The van der Waals surface area contributed by atoms with Crippen molar-refractivity contribution in [3.63, 3.8) is 0 Å². The number of piperidine rings is 1. The molecule has 0 atom stereocenters. The van der Waals surface area contributed by atoms with Crippen molar-refractivity contribution in [3.8, 4) is 5.75 Å². The van der Waals surface area contributed by atoms with Crippen LogP contribution in [0.1, 0.15) is 29.9 Å². The first kappa shape index (κ1) is 15.1. The van der Waals surface area contributed by atoms with Gasteiger partial charge in [-0.2, -0.15) is 13.2 Å². The van der Waals surface area contributed by atoms with Crippen molar-refractivity contribution < 1.29 is 18.3 Å². The van der Waals surface area contributed by atoms with Gasteiger partial charge in [0.1, 0.15) is 5.75 Å². The molecule has 0 unspecified atom stereocenters. The second kappa shape index (κ2) is 5.80. The van der Waals surface area contributed by atoms with Crippen LogP contribution in [0.3, 0.4) is 0 Å². The summed E-state index contributed by atoms with van der Waals surface area (Å²) in [6.45, 7) is 1.48. The van der Waals surface area contributed by atoms with Crippen molar-refractivity contribution in [2.45, 2.75) is 24.9 Å². The minimum atomic E-state index is -4.40. The highest BCUT2D eigenvalue weighted by atomic mass is 35.5. The number of rotatable bonds is 1. The molecule has 6 heteroatoms. The highest BCUT2D eigenvalue weighted by Crippen LogP contribution is 2.39. The van der Waals surface area contributed by atoms with Gasteiger partial charge in [-0.05, 0) is 49.5 Å². The lowest BCUT2D eigenvalue weighted by Crippen LogP contribution is -2.27. The molecule has 0 aromatic heterocycles. The van der Waals surface area contributed by atoms with Gasteiger partial charge in [-0.25, -0.2) is 0 Å². The highest BCUT2D eigenvalue weighted by Gasteiger charge is 2.35. The van der Waals surface area contributed by atoms with E-state index in [4.69, 9.17) is 0 Å². The van der Waals surface area contributed by atoms with Gasteiger partial charge in [0.2, 0.25) is 0 Å². The summed E-state index contributed by atoms with van der Waals surface area (Å²) in [5.41, 5.74) is -0.402. The molecule has 102 valence electrons. The molecule has 0 aliphatic carbocycles. The van der Waals surface area contributed by atoms with E-state index in [0.29, 0.717) is 18.4 Å². The number of hydrogen-bond acceptors (Lipinski definition) is 2. The summed E-state index contributed by atoms with van der Waals surface area (Å²) in [6, 6.07) is 3.54. The summed E-state index contributed by atoms with van der Waals surface area (Å²) in [5.74, 6) is -0.413. The fourth-order valence-electron chi connectivity index (χ4n) is 2.28. The van der Waals surface area contributed by atoms with Crippen molar-refractivity contribution >= 4 is 12.4 Å². The fourth-order valence-corrected chi connectivity index (χ4v) is 2.28. The number of halogens is 4. The number of nitrogens with one attached hydrogen (secondary N) is 1. The number of benzene rings is 1. The minimum absolute atomic E-state index is 0. The van der Waals surface area contributed by atoms with E-state index >= 15 is 0 Å². The van der Waals surface area contributed by atoms with E-state index in [9.17, 15) is 18.3 Å². The lowest BCUT2D eigenvalue weighted by molar-refractivity contribution is -0.138. The van der Waals surface area contributed by atoms with Gasteiger partial charge < -0.3 is 10.4 Å². The van der Waals surface area contributed by atoms with Crippen LogP contribution in [0.15, 0.2) is 18.2 Å². The third-order valence-electron chi connectivity index (χ3n) is 3.12. The molecule has 2 nitrogen and oxygen atoms in total. The van der Waals surface area contributed by atoms with Crippen molar-refractivity contribution in [1.29, 1.82) is 0 Å². The monoisotopic (exact) mass is 281 g/mol. The Labute approximate surface area is 110 Å². The Hall–Kier alpha value is -0.940. The van der Waals surface area contributed by atoms with Crippen molar-refractivity contribution in [2.24, 2.45) is 0 Å². The maximum absolute atomic E-state index is 12.9. The van der Waals surface area contributed by atoms with Gasteiger partial charge in [0.15, 0.2) is 0 Å². The zero-order valence-electron chi connectivity index (χ0n) is 9.63. The maximum atomic E-state index is 12.9. The van der Waals surface area contributed by atoms with Crippen LogP contribution in [0.5, 0.6) is 5.75 Å². The third-order valence-corrected chi connectivity index (χ3v) is 3.12. The second-order valence-corrected chi connectivity index (χ2v) is 4.29. The average molecular weight is 282 g/mol. The predicted octanol–water partition coefficient (Wildman–Crippen LogP) is 3.30. The van der Waals surface area contributed by atoms with Gasteiger partial charge in [0.05, 0.1) is 5.56 Å². The summed E-state index contributed by atoms with van der Waals surface area (Å²) in [7, 11) is 0. The molecule has 1 fully saturated rings. The van der Waals surface area contributed by atoms with Crippen LogP contribution in [-0.2, 0) is 6.18 Å². The van der Waals surface area contributed by atoms with E-state index in [-0.39, 0.29) is 24.1 Å². The number of alkyl halides is 3. The van der Waals surface area contributed by atoms with Crippen LogP contribution in [0, 0.1) is 0 Å². The van der Waals surface area contributed by atoms with Crippen LogP contribution in [0.25, 0.3) is 0 Å². The molecule has 1 aromatic rings. The SMILES string of the molecule is Cl.Oc1ccc(C2CCNCC2)c(C(F)(F)F)c1. The van der Waals surface area contributed by atoms with E-state index in [1.54, 1.807) is 0 Å². The minimum Gasteiger partial charge on any atom is -0.508 e. The van der Waals surface area contributed by atoms with E-state index in [2.05, 4.69) is 5.32 Å². The lowest BCUT2D eigenvalue weighted by atomic mass is 9.87. The Morgan fingerprint density at radius 3 is 2.33 bits per heavy atom. The largest absolute Gasteiger partial charge is 0.508 e. The quantitative estimate of drug-likeness (QED) is 0.828. The third kappa shape index (κ3) is 3.29. The summed E-state index contributed by atoms with van der Waals surface area (Å²) in [5, 5.41) is 12.3. The number of phenolic OH excluding ortho intramolecular Hbond substituents is 1. The second-order valence-electron chi connectivity index (χ2n) is 4.29. The molecule has 18 heavy (non-hydrogen) atoms. The first-order chi connectivity index (χ1) is 7.98. The lowest BCUT2D eigenvalue weighted by Gasteiger charge is -2.25. The summed E-state index contributed by atoms with van der Waals surface area (Å²) >= 11 is 0. The Morgan fingerprint density at radius 2 is 1.78 bits per heavy atom. The molecule has 1 saturated heterocycles. The van der Waals surface area contributed by atoms with Gasteiger partial charge in [-0.15, -0.1) is 12.4 Å². The molecule has 2 N–H and O–H groups in total. The van der Waals surface area contributed by atoms with Crippen LogP contribution in [-0.4, -0.2) is 18.2 Å². The molecule has 1 aromatic carbocycles. The first-order valence-electron chi connectivity index (χ1n) is 5.59. The molecule has 0 saturated carbocycles. The van der Waals surface area contributed by atoms with E-state index in [1.165, 1.54) is 12.1 Å². The number of phenols is 1. The molecule has 0 spiro atoms. The van der Waals surface area contributed by atoms with Crippen LogP contribution >= 0.6 is 12.4 Å². The zero-order chi connectivity index (χ0) is 12.5. The molecule has 2 rings (SSSR count). The van der Waals surface area contributed by atoms with Gasteiger partial charge in [0, 0.05) is 0 Å². The topological polar surface area (TPSA) is 32.3 Å². The van der Waals surface area contributed by atoms with Crippen molar-refractivity contribution in [1.82, 2.24) is 5.32 Å². The van der Waals surface area contributed by atoms with Gasteiger partial charge in [-0.1, -0.05) is 6.07 Å². The van der Waals surface area contributed by atoms with Crippen LogP contribution < -0.4 is 5.32 Å². The molecular weight excluding hydrogens is 267 g/mol. The fraction of sp³-hybridized carbons (Fsp3) is 0.500. The smallest absolute Gasteiger partial charge is 0.416 e. The molecule has 1 heterocycles. The molecule has 0 bridgehead atoms. The Balaban J connectivity index is 0.00000162. The highest BCUT2D eigenvalue weighted by molar-refractivity contribution is 5.85. The van der Waals surface area contributed by atoms with Crippen molar-refractivity contribution in [3.05, 3.63) is 29.3 Å². The molecule has 1 aliphatic rings. The summed E-state index contributed by atoms with van der Waals surface area (Å²) < 4.78 is 38.6. The van der Waals surface area contributed by atoms with Crippen molar-refractivity contribution in [2.75, 3.05) is 13.1 Å². The molecule has 1 aliphatic heterocycles. The molecule has 0 amide bonds. The average Bonchev–Trinajstić information content (AvgIpc) is 2.29. The van der Waals surface area contributed by atoms with Crippen LogP contribution in [0.4, 0.5) is 13.2 Å². The van der Waals surface area contributed by atoms with Gasteiger partial charge in [0.25, 0.3) is 0 Å². The summed E-state index contributed by atoms with van der Waals surface area (Å²) in [4.78, 5) is 0. The first-order valence-corrected chi connectivity index (χ1v) is 5.59. The maximum Gasteiger partial charge on any atom is 0.416 e. The number of hydrogen-bond donors (Lipinski definition) is 2. The summed E-state index contributed by atoms with van der Waals surface area (Å²) in [6.07, 6.45) is -3.00. The molecular formula is C12H15ClF3NO. The van der Waals surface area contributed by atoms with Gasteiger partial charge >= 0.3 is 6.18 Å². The molecule has 0 radical (unpaired) electrons. The van der Waals surface area contributed by atoms with E-state index in [1.807, 2.05) is 0 Å². The normalized spacial score (nSPS) is 17.3. The Kier molecular flexibility index (Phi) is 4.87. The standard InChI is InChI=1S/C12H14F3NO.ClH/c13-12(14,15)11-7-9(17)1-2-10(11)8-3-5-16-6-4-8;/h1-2,7-8,16-17H,3-6H2;1H. The Morgan fingerprint density at radius 1 is 1.17 bits per heavy atom. The van der Waals surface area contributed by atoms with E-state index < -0.39 is 11.7 Å². The zero-order valence-corrected chi connectivity index (χ0v) is 10.4. The Bertz CT molecular complexity index is 403.